The monoisotopic (exact) mass is 236 g/mol. The molecular weight excluding hydrogens is 216 g/mol. The van der Waals surface area contributed by atoms with Gasteiger partial charge in [-0.05, 0) is 19.8 Å². The molecule has 0 spiro atoms. The molecule has 0 bridgehead atoms. The summed E-state index contributed by atoms with van der Waals surface area (Å²) in [5.74, 6) is 0.447. The Kier molecular flexibility index (Phi) is 5.56. The molecule has 0 radical (unpaired) electrons. The second-order valence-electron chi connectivity index (χ2n) is 4.39. The third-order valence-corrected chi connectivity index (χ3v) is 2.56. The minimum atomic E-state index is -0.0317. The molecule has 2 unspecified atom stereocenters. The van der Waals surface area contributed by atoms with Crippen LogP contribution in [0.25, 0.3) is 0 Å². The van der Waals surface area contributed by atoms with E-state index in [9.17, 15) is 4.79 Å². The van der Waals surface area contributed by atoms with E-state index in [1.54, 1.807) is 12.4 Å². The molecule has 5 nitrogen and oxygen atoms in total. The van der Waals surface area contributed by atoms with Gasteiger partial charge in [0.05, 0.1) is 6.20 Å². The molecule has 0 saturated carbocycles. The summed E-state index contributed by atoms with van der Waals surface area (Å²) in [5.41, 5.74) is 5.66. The van der Waals surface area contributed by atoms with Gasteiger partial charge in [0.2, 0.25) is 5.91 Å². The fraction of sp³-hybridized carbons (Fsp3) is 0.583. The lowest BCUT2D eigenvalue weighted by atomic mass is 10.0. The lowest BCUT2D eigenvalue weighted by Gasteiger charge is -2.12. The van der Waals surface area contributed by atoms with Crippen LogP contribution in [0.15, 0.2) is 18.6 Å². The largest absolute Gasteiger partial charge is 0.328 e. The van der Waals surface area contributed by atoms with Gasteiger partial charge in [-0.15, -0.1) is 0 Å². The molecule has 17 heavy (non-hydrogen) atoms. The number of nitrogens with zero attached hydrogens (tertiary/aromatic N) is 2. The molecule has 1 aromatic heterocycles. The summed E-state index contributed by atoms with van der Waals surface area (Å²) in [5, 5.41) is 2.74. The summed E-state index contributed by atoms with van der Waals surface area (Å²) < 4.78 is 0. The van der Waals surface area contributed by atoms with Crippen molar-refractivity contribution >= 4 is 11.7 Å². The Morgan fingerprint density at radius 1 is 1.41 bits per heavy atom. The van der Waals surface area contributed by atoms with Gasteiger partial charge in [-0.1, -0.05) is 13.3 Å². The van der Waals surface area contributed by atoms with E-state index in [0.29, 0.717) is 5.82 Å². The Labute approximate surface area is 102 Å². The number of nitrogens with two attached hydrogens (primary N) is 1. The van der Waals surface area contributed by atoms with E-state index in [0.717, 1.165) is 19.3 Å². The molecule has 0 aromatic carbocycles. The molecule has 0 aliphatic carbocycles. The first-order valence-corrected chi connectivity index (χ1v) is 5.92. The normalized spacial score (nSPS) is 14.1. The van der Waals surface area contributed by atoms with Crippen molar-refractivity contribution in [1.29, 1.82) is 0 Å². The third-order valence-electron chi connectivity index (χ3n) is 2.56. The Bertz CT molecular complexity index is 340. The summed E-state index contributed by atoms with van der Waals surface area (Å²) in [4.78, 5) is 19.7. The Morgan fingerprint density at radius 3 is 2.76 bits per heavy atom. The maximum atomic E-state index is 11.8. The molecule has 1 heterocycles. The van der Waals surface area contributed by atoms with Gasteiger partial charge in [-0.25, -0.2) is 4.98 Å². The van der Waals surface area contributed by atoms with Crippen molar-refractivity contribution < 1.29 is 4.79 Å². The van der Waals surface area contributed by atoms with Crippen LogP contribution in [-0.4, -0.2) is 21.9 Å². The maximum Gasteiger partial charge on any atom is 0.228 e. The first kappa shape index (κ1) is 13.6. The van der Waals surface area contributed by atoms with Crippen LogP contribution in [0, 0.1) is 5.92 Å². The van der Waals surface area contributed by atoms with Gasteiger partial charge in [0.15, 0.2) is 5.82 Å². The van der Waals surface area contributed by atoms with Crippen LogP contribution in [0.4, 0.5) is 5.82 Å². The summed E-state index contributed by atoms with van der Waals surface area (Å²) in [7, 11) is 0. The van der Waals surface area contributed by atoms with Gasteiger partial charge < -0.3 is 11.1 Å². The van der Waals surface area contributed by atoms with Crippen molar-refractivity contribution in [2.45, 2.75) is 39.2 Å². The Morgan fingerprint density at radius 2 is 2.18 bits per heavy atom. The van der Waals surface area contributed by atoms with Crippen LogP contribution >= 0.6 is 0 Å². The Balaban J connectivity index is 2.32. The van der Waals surface area contributed by atoms with E-state index < -0.39 is 0 Å². The summed E-state index contributed by atoms with van der Waals surface area (Å²) in [6, 6.07) is 0.199. The quantitative estimate of drug-likeness (QED) is 0.785. The van der Waals surface area contributed by atoms with Crippen molar-refractivity contribution in [1.82, 2.24) is 9.97 Å². The second-order valence-corrected chi connectivity index (χ2v) is 4.39. The highest BCUT2D eigenvalue weighted by atomic mass is 16.1. The molecule has 1 rings (SSSR count). The highest BCUT2D eigenvalue weighted by Crippen LogP contribution is 2.11. The molecule has 94 valence electrons. The molecule has 1 amide bonds. The van der Waals surface area contributed by atoms with Crippen molar-refractivity contribution in [3.05, 3.63) is 18.6 Å². The van der Waals surface area contributed by atoms with Gasteiger partial charge in [0.25, 0.3) is 0 Å². The average Bonchev–Trinajstić information content (AvgIpc) is 2.29. The third kappa shape index (κ3) is 5.40. The minimum absolute atomic E-state index is 0.0184. The van der Waals surface area contributed by atoms with E-state index in [1.807, 2.05) is 13.8 Å². The lowest BCUT2D eigenvalue weighted by Crippen LogP contribution is -2.22. The summed E-state index contributed by atoms with van der Waals surface area (Å²) in [6.45, 7) is 3.89. The number of nitrogens with one attached hydrogen (secondary N) is 1. The standard InChI is InChI=1S/C12H20N4O/c1-9(4-3-5-10(2)13)12(17)16-11-8-14-6-7-15-11/h6-10H,3-5,13H2,1-2H3,(H,15,16,17). The fourth-order valence-corrected chi connectivity index (χ4v) is 1.49. The molecule has 2 atom stereocenters. The van der Waals surface area contributed by atoms with Gasteiger partial charge in [0, 0.05) is 24.4 Å². The molecule has 5 heteroatoms. The van der Waals surface area contributed by atoms with E-state index in [1.165, 1.54) is 6.20 Å². The SMILES string of the molecule is CC(N)CCCC(C)C(=O)Nc1cnccn1. The summed E-state index contributed by atoms with van der Waals surface area (Å²) in [6.07, 6.45) is 7.41. The second kappa shape index (κ2) is 6.96. The predicted octanol–water partition coefficient (Wildman–Crippen LogP) is 1.57. The van der Waals surface area contributed by atoms with Crippen LogP contribution in [-0.2, 0) is 4.79 Å². The van der Waals surface area contributed by atoms with Crippen molar-refractivity contribution in [2.75, 3.05) is 5.32 Å². The van der Waals surface area contributed by atoms with Gasteiger partial charge in [0.1, 0.15) is 0 Å². The van der Waals surface area contributed by atoms with Crippen LogP contribution in [0.1, 0.15) is 33.1 Å². The van der Waals surface area contributed by atoms with Crippen LogP contribution < -0.4 is 11.1 Å². The highest BCUT2D eigenvalue weighted by molar-refractivity contribution is 5.91. The van der Waals surface area contributed by atoms with Crippen molar-refractivity contribution in [2.24, 2.45) is 11.7 Å². The zero-order valence-electron chi connectivity index (χ0n) is 10.4. The number of aromatic nitrogens is 2. The van der Waals surface area contributed by atoms with Crippen molar-refractivity contribution in [3.8, 4) is 0 Å². The van der Waals surface area contributed by atoms with E-state index >= 15 is 0 Å². The molecule has 0 aliphatic heterocycles. The molecular formula is C12H20N4O. The summed E-state index contributed by atoms with van der Waals surface area (Å²) >= 11 is 0. The Hall–Kier alpha value is -1.49. The first-order valence-electron chi connectivity index (χ1n) is 5.92. The topological polar surface area (TPSA) is 80.9 Å². The molecule has 3 N–H and O–H groups in total. The number of hydrogen-bond acceptors (Lipinski definition) is 4. The number of hydrogen-bond donors (Lipinski definition) is 2. The molecule has 0 aliphatic rings. The first-order chi connectivity index (χ1) is 8.09. The zero-order valence-corrected chi connectivity index (χ0v) is 10.4. The lowest BCUT2D eigenvalue weighted by molar-refractivity contribution is -0.119. The number of rotatable bonds is 6. The number of amides is 1. The van der Waals surface area contributed by atoms with Crippen LogP contribution in [0.2, 0.25) is 0 Å². The van der Waals surface area contributed by atoms with Crippen molar-refractivity contribution in [3.63, 3.8) is 0 Å². The minimum Gasteiger partial charge on any atom is -0.328 e. The van der Waals surface area contributed by atoms with Gasteiger partial charge in [-0.3, -0.25) is 9.78 Å². The van der Waals surface area contributed by atoms with E-state index in [4.69, 9.17) is 5.73 Å². The van der Waals surface area contributed by atoms with Crippen LogP contribution in [0.5, 0.6) is 0 Å². The molecule has 0 fully saturated rings. The number of carbonyl (C=O) groups excluding carboxylic acids is 1. The predicted molar refractivity (Wildman–Crippen MR) is 67.3 cm³/mol. The van der Waals surface area contributed by atoms with E-state index in [2.05, 4.69) is 15.3 Å². The maximum absolute atomic E-state index is 11.8. The molecule has 1 aromatic rings. The van der Waals surface area contributed by atoms with Gasteiger partial charge in [-0.2, -0.15) is 0 Å². The zero-order chi connectivity index (χ0) is 12.7. The molecule has 0 saturated heterocycles. The smallest absolute Gasteiger partial charge is 0.228 e. The van der Waals surface area contributed by atoms with Gasteiger partial charge >= 0.3 is 0 Å². The average molecular weight is 236 g/mol. The fourth-order valence-electron chi connectivity index (χ4n) is 1.49. The number of carbonyl (C=O) groups is 1. The van der Waals surface area contributed by atoms with Crippen LogP contribution in [0.3, 0.4) is 0 Å². The highest BCUT2D eigenvalue weighted by Gasteiger charge is 2.13. The number of anilines is 1. The van der Waals surface area contributed by atoms with E-state index in [-0.39, 0.29) is 17.9 Å².